The van der Waals surface area contributed by atoms with Gasteiger partial charge in [-0.3, -0.25) is 9.59 Å². The van der Waals surface area contributed by atoms with Crippen LogP contribution in [-0.4, -0.2) is 26.8 Å². The van der Waals surface area contributed by atoms with Gasteiger partial charge in [-0.1, -0.05) is 25.1 Å². The molecule has 1 aliphatic heterocycles. The van der Waals surface area contributed by atoms with Gasteiger partial charge in [0.1, 0.15) is 17.6 Å². The Morgan fingerprint density at radius 1 is 1.48 bits per heavy atom. The third-order valence-corrected chi connectivity index (χ3v) is 4.32. The number of aromatic nitrogens is 3. The standard InChI is InChI=1S/C17H20FN5O2/c1-9(2)15-17(25)20-8-14-13(21-22-23(14)15)7-19-16(24)11-5-4-10(3)12(18)6-11/h4-6,9,15H,7-8H2,1-3H3,(H,19,24)(H,20,25). The van der Waals surface area contributed by atoms with E-state index in [1.165, 1.54) is 6.07 Å². The molecular weight excluding hydrogens is 325 g/mol. The number of hydrogen-bond acceptors (Lipinski definition) is 4. The van der Waals surface area contributed by atoms with Crippen molar-refractivity contribution in [2.75, 3.05) is 0 Å². The summed E-state index contributed by atoms with van der Waals surface area (Å²) in [4.78, 5) is 24.2. The van der Waals surface area contributed by atoms with E-state index in [-0.39, 0.29) is 29.8 Å². The zero-order valence-corrected chi connectivity index (χ0v) is 14.3. The van der Waals surface area contributed by atoms with Crippen LogP contribution in [0, 0.1) is 18.7 Å². The van der Waals surface area contributed by atoms with Crippen molar-refractivity contribution in [1.29, 1.82) is 0 Å². The van der Waals surface area contributed by atoms with Gasteiger partial charge in [-0.25, -0.2) is 9.07 Å². The van der Waals surface area contributed by atoms with Crippen LogP contribution in [0.15, 0.2) is 18.2 Å². The van der Waals surface area contributed by atoms with Crippen LogP contribution < -0.4 is 10.6 Å². The van der Waals surface area contributed by atoms with Crippen LogP contribution in [0.2, 0.25) is 0 Å². The van der Waals surface area contributed by atoms with Gasteiger partial charge in [-0.15, -0.1) is 5.10 Å². The smallest absolute Gasteiger partial charge is 0.251 e. The molecule has 1 unspecified atom stereocenters. The van der Waals surface area contributed by atoms with Crippen molar-refractivity contribution in [3.8, 4) is 0 Å². The van der Waals surface area contributed by atoms with Crippen molar-refractivity contribution in [1.82, 2.24) is 25.6 Å². The number of rotatable bonds is 4. The first-order chi connectivity index (χ1) is 11.9. The van der Waals surface area contributed by atoms with E-state index in [9.17, 15) is 14.0 Å². The molecule has 1 aromatic carbocycles. The molecule has 1 aliphatic rings. The Bertz CT molecular complexity index is 830. The first-order valence-corrected chi connectivity index (χ1v) is 8.13. The highest BCUT2D eigenvalue weighted by Crippen LogP contribution is 2.24. The van der Waals surface area contributed by atoms with Crippen LogP contribution >= 0.6 is 0 Å². The molecule has 0 saturated carbocycles. The van der Waals surface area contributed by atoms with Crippen LogP contribution in [0.25, 0.3) is 0 Å². The molecule has 2 heterocycles. The Kier molecular flexibility index (Phi) is 4.52. The molecule has 2 amide bonds. The fourth-order valence-corrected chi connectivity index (χ4v) is 2.86. The number of amides is 2. The monoisotopic (exact) mass is 345 g/mol. The Hall–Kier alpha value is -2.77. The van der Waals surface area contributed by atoms with Crippen molar-refractivity contribution < 1.29 is 14.0 Å². The predicted molar refractivity (Wildman–Crippen MR) is 88.1 cm³/mol. The van der Waals surface area contributed by atoms with Crippen LogP contribution in [0.5, 0.6) is 0 Å². The molecule has 0 aliphatic carbocycles. The first kappa shape index (κ1) is 17.1. The van der Waals surface area contributed by atoms with Crippen molar-refractivity contribution >= 4 is 11.8 Å². The van der Waals surface area contributed by atoms with Crippen molar-refractivity contribution in [3.63, 3.8) is 0 Å². The fraction of sp³-hybridized carbons (Fsp3) is 0.412. The van der Waals surface area contributed by atoms with Gasteiger partial charge in [0.15, 0.2) is 0 Å². The lowest BCUT2D eigenvalue weighted by atomic mass is 10.0. The summed E-state index contributed by atoms with van der Waals surface area (Å²) in [5, 5.41) is 13.7. The maximum Gasteiger partial charge on any atom is 0.251 e. The number of carbonyl (C=O) groups excluding carboxylic acids is 2. The molecule has 2 aromatic rings. The number of halogens is 1. The molecule has 8 heteroatoms. The third kappa shape index (κ3) is 3.24. The van der Waals surface area contributed by atoms with Gasteiger partial charge in [-0.05, 0) is 30.5 Å². The molecule has 0 radical (unpaired) electrons. The molecule has 2 N–H and O–H groups in total. The summed E-state index contributed by atoms with van der Waals surface area (Å²) in [5.74, 6) is -0.825. The summed E-state index contributed by atoms with van der Waals surface area (Å²) in [6, 6.07) is 3.93. The number of nitrogens with zero attached hydrogens (tertiary/aromatic N) is 3. The van der Waals surface area contributed by atoms with Gasteiger partial charge >= 0.3 is 0 Å². The lowest BCUT2D eigenvalue weighted by molar-refractivity contribution is -0.127. The maximum atomic E-state index is 13.6. The van der Waals surface area contributed by atoms with E-state index in [1.807, 2.05) is 13.8 Å². The van der Waals surface area contributed by atoms with Gasteiger partial charge in [0, 0.05) is 5.56 Å². The first-order valence-electron chi connectivity index (χ1n) is 8.13. The molecular formula is C17H20FN5O2. The summed E-state index contributed by atoms with van der Waals surface area (Å²) in [7, 11) is 0. The lowest BCUT2D eigenvalue weighted by Gasteiger charge is -2.26. The topological polar surface area (TPSA) is 88.9 Å². The van der Waals surface area contributed by atoms with Gasteiger partial charge in [0.25, 0.3) is 5.91 Å². The zero-order valence-electron chi connectivity index (χ0n) is 14.3. The molecule has 25 heavy (non-hydrogen) atoms. The minimum Gasteiger partial charge on any atom is -0.349 e. The molecule has 1 atom stereocenters. The van der Waals surface area contributed by atoms with E-state index in [0.717, 1.165) is 5.69 Å². The van der Waals surface area contributed by atoms with E-state index in [1.54, 1.807) is 23.7 Å². The highest BCUT2D eigenvalue weighted by molar-refractivity contribution is 5.94. The van der Waals surface area contributed by atoms with Crippen molar-refractivity contribution in [2.45, 2.75) is 39.9 Å². The van der Waals surface area contributed by atoms with Gasteiger partial charge in [0.05, 0.1) is 18.8 Å². The van der Waals surface area contributed by atoms with E-state index >= 15 is 0 Å². The summed E-state index contributed by atoms with van der Waals surface area (Å²) in [5.41, 5.74) is 2.09. The summed E-state index contributed by atoms with van der Waals surface area (Å²) < 4.78 is 15.2. The molecule has 3 rings (SSSR count). The van der Waals surface area contributed by atoms with Crippen LogP contribution in [0.3, 0.4) is 0 Å². The molecule has 0 bridgehead atoms. The number of aryl methyl sites for hydroxylation is 1. The number of benzene rings is 1. The molecule has 132 valence electrons. The Balaban J connectivity index is 1.74. The molecule has 0 fully saturated rings. The van der Waals surface area contributed by atoms with E-state index in [4.69, 9.17) is 0 Å². The van der Waals surface area contributed by atoms with E-state index in [0.29, 0.717) is 17.8 Å². The minimum atomic E-state index is -0.420. The second-order valence-electron chi connectivity index (χ2n) is 6.48. The predicted octanol–water partition coefficient (Wildman–Crippen LogP) is 1.48. The molecule has 0 saturated heterocycles. The van der Waals surface area contributed by atoms with Crippen molar-refractivity contribution in [3.05, 3.63) is 46.5 Å². The molecule has 1 aromatic heterocycles. The number of nitrogens with one attached hydrogen (secondary N) is 2. The number of hydrogen-bond donors (Lipinski definition) is 2. The summed E-state index contributed by atoms with van der Waals surface area (Å²) >= 11 is 0. The van der Waals surface area contributed by atoms with Crippen LogP contribution in [-0.2, 0) is 17.9 Å². The van der Waals surface area contributed by atoms with Crippen LogP contribution in [0.1, 0.15) is 47.2 Å². The second kappa shape index (κ2) is 6.62. The van der Waals surface area contributed by atoms with Gasteiger partial charge in [0.2, 0.25) is 5.91 Å². The number of carbonyl (C=O) groups is 2. The Morgan fingerprint density at radius 2 is 2.24 bits per heavy atom. The fourth-order valence-electron chi connectivity index (χ4n) is 2.86. The normalized spacial score (nSPS) is 16.5. The third-order valence-electron chi connectivity index (χ3n) is 4.32. The summed E-state index contributed by atoms with van der Waals surface area (Å²) in [6.07, 6.45) is 0. The van der Waals surface area contributed by atoms with Gasteiger partial charge in [-0.2, -0.15) is 0 Å². The average Bonchev–Trinajstić information content (AvgIpc) is 2.97. The second-order valence-corrected chi connectivity index (χ2v) is 6.48. The SMILES string of the molecule is Cc1ccc(C(=O)NCc2nnn3c2CNC(=O)C3C(C)C)cc1F. The zero-order chi connectivity index (χ0) is 18.1. The Labute approximate surface area is 144 Å². The maximum absolute atomic E-state index is 13.6. The number of fused-ring (bicyclic) bond motifs is 1. The van der Waals surface area contributed by atoms with Gasteiger partial charge < -0.3 is 10.6 Å². The molecule has 7 nitrogen and oxygen atoms in total. The summed E-state index contributed by atoms with van der Waals surface area (Å²) in [6.45, 7) is 5.99. The average molecular weight is 345 g/mol. The Morgan fingerprint density at radius 3 is 2.92 bits per heavy atom. The van der Waals surface area contributed by atoms with E-state index in [2.05, 4.69) is 20.9 Å². The van der Waals surface area contributed by atoms with Crippen molar-refractivity contribution in [2.24, 2.45) is 5.92 Å². The lowest BCUT2D eigenvalue weighted by Crippen LogP contribution is -2.42. The van der Waals surface area contributed by atoms with E-state index < -0.39 is 11.9 Å². The largest absolute Gasteiger partial charge is 0.349 e. The highest BCUT2D eigenvalue weighted by Gasteiger charge is 2.32. The quantitative estimate of drug-likeness (QED) is 0.878. The molecule has 0 spiro atoms. The van der Waals surface area contributed by atoms with Crippen LogP contribution in [0.4, 0.5) is 4.39 Å². The highest BCUT2D eigenvalue weighted by atomic mass is 19.1. The minimum absolute atomic E-state index is 0.0683.